The van der Waals surface area contributed by atoms with Crippen molar-refractivity contribution in [1.82, 2.24) is 0 Å². The first-order valence-electron chi connectivity index (χ1n) is 12.1. The van der Waals surface area contributed by atoms with E-state index in [1.54, 1.807) is 12.1 Å². The summed E-state index contributed by atoms with van der Waals surface area (Å²) in [6.45, 7) is 11.9. The number of Topliss-reactive ketones (excluding diaryl/α,β-unsaturated/α-hetero) is 1. The summed E-state index contributed by atoms with van der Waals surface area (Å²) >= 11 is 0. The van der Waals surface area contributed by atoms with Crippen LogP contribution in [0.25, 0.3) is 5.76 Å². The van der Waals surface area contributed by atoms with Crippen LogP contribution in [0.1, 0.15) is 47.7 Å². The van der Waals surface area contributed by atoms with Crippen LogP contribution in [0.3, 0.4) is 0 Å². The number of hydrogen-bond acceptors (Lipinski definition) is 4. The van der Waals surface area contributed by atoms with Gasteiger partial charge in [-0.2, -0.15) is 0 Å². The highest BCUT2D eigenvalue weighted by molar-refractivity contribution is 6.51. The third-order valence-corrected chi connectivity index (χ3v) is 6.94. The standard InChI is InChI=1S/C30H32N2O3/c1-6-31(7-2)24-17-15-22(16-18-24)27-26(28(33)23-13-11-19(3)12-14-23)29(34)30(35)32(27)25-10-8-9-20(4)21(25)5/h8-18,27,33H,6-7H2,1-5H3/b28-26+. The maximum Gasteiger partial charge on any atom is 0.300 e. The Balaban J connectivity index is 1.93. The summed E-state index contributed by atoms with van der Waals surface area (Å²) < 4.78 is 0. The zero-order valence-electron chi connectivity index (χ0n) is 21.0. The molecule has 0 spiro atoms. The molecule has 1 saturated heterocycles. The van der Waals surface area contributed by atoms with Crippen LogP contribution in [0.2, 0.25) is 0 Å². The Labute approximate surface area is 207 Å². The van der Waals surface area contributed by atoms with E-state index in [1.165, 1.54) is 4.90 Å². The van der Waals surface area contributed by atoms with Crippen molar-refractivity contribution in [2.24, 2.45) is 0 Å². The fourth-order valence-electron chi connectivity index (χ4n) is 4.72. The monoisotopic (exact) mass is 468 g/mol. The Morgan fingerprint density at radius 1 is 0.886 bits per heavy atom. The van der Waals surface area contributed by atoms with Gasteiger partial charge in [-0.3, -0.25) is 14.5 Å². The SMILES string of the molecule is CCN(CC)c1ccc(C2/C(=C(\O)c3ccc(C)cc3)C(=O)C(=O)N2c2cccc(C)c2C)cc1. The van der Waals surface area contributed by atoms with E-state index in [2.05, 4.69) is 18.7 Å². The highest BCUT2D eigenvalue weighted by Crippen LogP contribution is 2.43. The van der Waals surface area contributed by atoms with Gasteiger partial charge in [0.25, 0.3) is 11.7 Å². The van der Waals surface area contributed by atoms with Gasteiger partial charge in [-0.25, -0.2) is 0 Å². The molecule has 3 aromatic rings. The Hall–Kier alpha value is -3.86. The van der Waals surface area contributed by atoms with E-state index in [-0.39, 0.29) is 11.3 Å². The van der Waals surface area contributed by atoms with E-state index in [4.69, 9.17) is 0 Å². The van der Waals surface area contributed by atoms with Gasteiger partial charge in [0.2, 0.25) is 0 Å². The van der Waals surface area contributed by atoms with Gasteiger partial charge in [0, 0.05) is 30.0 Å². The van der Waals surface area contributed by atoms with Crippen LogP contribution in [-0.2, 0) is 9.59 Å². The topological polar surface area (TPSA) is 60.9 Å². The van der Waals surface area contributed by atoms with E-state index < -0.39 is 17.7 Å². The van der Waals surface area contributed by atoms with E-state index in [0.29, 0.717) is 11.3 Å². The zero-order valence-corrected chi connectivity index (χ0v) is 21.0. The molecule has 0 bridgehead atoms. The summed E-state index contributed by atoms with van der Waals surface area (Å²) in [5.41, 5.74) is 6.13. The third-order valence-electron chi connectivity index (χ3n) is 6.94. The van der Waals surface area contributed by atoms with Crippen molar-refractivity contribution >= 4 is 28.8 Å². The van der Waals surface area contributed by atoms with Gasteiger partial charge >= 0.3 is 0 Å². The normalized spacial score (nSPS) is 17.2. The van der Waals surface area contributed by atoms with E-state index in [9.17, 15) is 14.7 Å². The van der Waals surface area contributed by atoms with Crippen LogP contribution in [0.15, 0.2) is 72.3 Å². The molecule has 35 heavy (non-hydrogen) atoms. The molecule has 1 heterocycles. The molecule has 1 fully saturated rings. The second kappa shape index (κ2) is 9.79. The molecule has 0 aromatic heterocycles. The zero-order chi connectivity index (χ0) is 25.3. The average Bonchev–Trinajstić information content (AvgIpc) is 3.12. The summed E-state index contributed by atoms with van der Waals surface area (Å²) in [4.78, 5) is 30.6. The highest BCUT2D eigenvalue weighted by Gasteiger charge is 2.47. The summed E-state index contributed by atoms with van der Waals surface area (Å²) in [6, 6.07) is 20.2. The van der Waals surface area contributed by atoms with Gasteiger partial charge < -0.3 is 10.0 Å². The van der Waals surface area contributed by atoms with Crippen molar-refractivity contribution in [1.29, 1.82) is 0 Å². The minimum atomic E-state index is -0.734. The van der Waals surface area contributed by atoms with Gasteiger partial charge in [-0.05, 0) is 69.5 Å². The van der Waals surface area contributed by atoms with Crippen molar-refractivity contribution in [2.45, 2.75) is 40.7 Å². The first-order valence-corrected chi connectivity index (χ1v) is 12.1. The number of carbonyl (C=O) groups is 2. The van der Waals surface area contributed by atoms with Crippen molar-refractivity contribution in [3.63, 3.8) is 0 Å². The summed E-state index contributed by atoms with van der Waals surface area (Å²) in [7, 11) is 0. The largest absolute Gasteiger partial charge is 0.507 e. The second-order valence-electron chi connectivity index (χ2n) is 9.02. The molecular weight excluding hydrogens is 436 g/mol. The third kappa shape index (κ3) is 4.34. The fourth-order valence-corrected chi connectivity index (χ4v) is 4.72. The number of anilines is 2. The molecule has 5 nitrogen and oxygen atoms in total. The molecule has 180 valence electrons. The number of carbonyl (C=O) groups excluding carboxylic acids is 2. The number of rotatable bonds is 6. The van der Waals surface area contributed by atoms with Crippen LogP contribution in [0.5, 0.6) is 0 Å². The smallest absolute Gasteiger partial charge is 0.300 e. The lowest BCUT2D eigenvalue weighted by Gasteiger charge is -2.28. The van der Waals surface area contributed by atoms with Crippen molar-refractivity contribution in [3.8, 4) is 0 Å². The minimum Gasteiger partial charge on any atom is -0.507 e. The molecular formula is C30H32N2O3. The lowest BCUT2D eigenvalue weighted by Crippen LogP contribution is -2.30. The molecule has 1 N–H and O–H groups in total. The van der Waals surface area contributed by atoms with E-state index in [0.717, 1.165) is 41.0 Å². The van der Waals surface area contributed by atoms with Crippen LogP contribution < -0.4 is 9.80 Å². The molecule has 5 heteroatoms. The van der Waals surface area contributed by atoms with Gasteiger partial charge in [0.15, 0.2) is 0 Å². The second-order valence-corrected chi connectivity index (χ2v) is 9.02. The molecule has 0 aliphatic carbocycles. The van der Waals surface area contributed by atoms with Crippen molar-refractivity contribution < 1.29 is 14.7 Å². The molecule has 0 saturated carbocycles. The molecule has 1 aliphatic rings. The Bertz CT molecular complexity index is 1290. The van der Waals surface area contributed by atoms with Crippen LogP contribution >= 0.6 is 0 Å². The van der Waals surface area contributed by atoms with Crippen LogP contribution in [0.4, 0.5) is 11.4 Å². The summed E-state index contributed by atoms with van der Waals surface area (Å²) in [5.74, 6) is -1.47. The van der Waals surface area contributed by atoms with Crippen molar-refractivity contribution in [2.75, 3.05) is 22.9 Å². The first kappa shape index (κ1) is 24.3. The van der Waals surface area contributed by atoms with Gasteiger partial charge in [0.05, 0.1) is 11.6 Å². The molecule has 1 aliphatic heterocycles. The van der Waals surface area contributed by atoms with Crippen molar-refractivity contribution in [3.05, 3.63) is 100 Å². The fraction of sp³-hybridized carbons (Fsp3) is 0.267. The number of hydrogen-bond donors (Lipinski definition) is 1. The minimum absolute atomic E-state index is 0.107. The lowest BCUT2D eigenvalue weighted by molar-refractivity contribution is -0.132. The Kier molecular flexibility index (Phi) is 6.79. The molecule has 3 aromatic carbocycles. The molecule has 1 atom stereocenters. The number of aryl methyl sites for hydroxylation is 2. The predicted octanol–water partition coefficient (Wildman–Crippen LogP) is 6.08. The molecule has 4 rings (SSSR count). The Morgan fingerprint density at radius 3 is 2.11 bits per heavy atom. The van der Waals surface area contributed by atoms with Gasteiger partial charge in [-0.1, -0.05) is 54.1 Å². The van der Waals surface area contributed by atoms with Crippen LogP contribution in [-0.4, -0.2) is 29.9 Å². The summed E-state index contributed by atoms with van der Waals surface area (Å²) in [6.07, 6.45) is 0. The first-order chi connectivity index (χ1) is 16.8. The quantitative estimate of drug-likeness (QED) is 0.270. The summed E-state index contributed by atoms with van der Waals surface area (Å²) in [5, 5.41) is 11.3. The number of aliphatic hydroxyl groups excluding tert-OH is 1. The number of aliphatic hydroxyl groups is 1. The van der Waals surface area contributed by atoms with Crippen LogP contribution in [0, 0.1) is 20.8 Å². The number of benzene rings is 3. The van der Waals surface area contributed by atoms with Gasteiger partial charge in [0.1, 0.15) is 5.76 Å². The van der Waals surface area contributed by atoms with E-state index in [1.807, 2.05) is 75.4 Å². The predicted molar refractivity (Wildman–Crippen MR) is 142 cm³/mol. The number of amides is 1. The molecule has 1 unspecified atom stereocenters. The van der Waals surface area contributed by atoms with E-state index >= 15 is 0 Å². The number of ketones is 1. The average molecular weight is 469 g/mol. The molecule has 1 amide bonds. The maximum atomic E-state index is 13.4. The Morgan fingerprint density at radius 2 is 1.51 bits per heavy atom. The molecule has 0 radical (unpaired) electrons. The van der Waals surface area contributed by atoms with Gasteiger partial charge in [-0.15, -0.1) is 0 Å². The lowest BCUT2D eigenvalue weighted by atomic mass is 9.94. The maximum absolute atomic E-state index is 13.4. The number of nitrogens with zero attached hydrogens (tertiary/aromatic N) is 2. The highest BCUT2D eigenvalue weighted by atomic mass is 16.3.